The van der Waals surface area contributed by atoms with Crippen LogP contribution >= 0.6 is 22.7 Å². The van der Waals surface area contributed by atoms with Crippen molar-refractivity contribution in [1.29, 1.82) is 10.5 Å². The zero-order chi connectivity index (χ0) is 51.3. The summed E-state index contributed by atoms with van der Waals surface area (Å²) in [4.78, 5) is 0. The molecule has 4 nitrogen and oxygen atoms in total. The molecule has 0 atom stereocenters. The molecule has 17 aromatic rings. The lowest BCUT2D eigenvalue weighted by atomic mass is 9.82. The highest BCUT2D eigenvalue weighted by Gasteiger charge is 2.34. The summed E-state index contributed by atoms with van der Waals surface area (Å²) in [6.45, 7) is 0. The van der Waals surface area contributed by atoms with Crippen molar-refractivity contribution in [3.05, 3.63) is 242 Å². The molecule has 0 saturated heterocycles. The van der Waals surface area contributed by atoms with Crippen molar-refractivity contribution in [2.24, 2.45) is 0 Å². The molecule has 13 aromatic carbocycles. The number of nitrogens with zero attached hydrogens (tertiary/aromatic N) is 4. The topological polar surface area (TPSA) is 57.4 Å². The van der Waals surface area contributed by atoms with Crippen LogP contribution in [0.15, 0.2) is 231 Å². The van der Waals surface area contributed by atoms with E-state index in [-0.39, 0.29) is 0 Å². The fourth-order valence-corrected chi connectivity index (χ4v) is 15.5. The Kier molecular flexibility index (Phi) is 8.98. The molecule has 78 heavy (non-hydrogen) atoms. The van der Waals surface area contributed by atoms with Crippen LogP contribution in [0.2, 0.25) is 0 Å². The maximum Gasteiger partial charge on any atom is 0.102 e. The number of aromatic nitrogens is 2. The smallest absolute Gasteiger partial charge is 0.102 e. The van der Waals surface area contributed by atoms with Crippen molar-refractivity contribution in [2.75, 3.05) is 0 Å². The van der Waals surface area contributed by atoms with Crippen LogP contribution in [0.1, 0.15) is 11.1 Å². The van der Waals surface area contributed by atoms with E-state index < -0.39 is 0 Å². The monoisotopic (exact) mass is 1020 g/mol. The number of hydrogen-bond donors (Lipinski definition) is 0. The number of para-hydroxylation sites is 2. The van der Waals surface area contributed by atoms with Gasteiger partial charge in [-0.2, -0.15) is 10.5 Å². The van der Waals surface area contributed by atoms with E-state index in [1.165, 1.54) is 30.9 Å². The van der Waals surface area contributed by atoms with Crippen molar-refractivity contribution < 1.29 is 0 Å². The molecule has 6 heteroatoms. The Labute approximate surface area is 453 Å². The highest BCUT2D eigenvalue weighted by atomic mass is 32.1. The molecule has 0 spiro atoms. The van der Waals surface area contributed by atoms with E-state index in [0.717, 1.165) is 124 Å². The van der Waals surface area contributed by atoms with Gasteiger partial charge in [0, 0.05) is 73.0 Å². The minimum atomic E-state index is 0.426. The Hall–Kier alpha value is -10.1. The lowest BCUT2D eigenvalue weighted by molar-refractivity contribution is 1.12. The maximum absolute atomic E-state index is 12.6. The van der Waals surface area contributed by atoms with Gasteiger partial charge >= 0.3 is 0 Å². The molecular formula is C72H38N4S2. The van der Waals surface area contributed by atoms with Crippen LogP contribution in [0.3, 0.4) is 0 Å². The van der Waals surface area contributed by atoms with E-state index in [9.17, 15) is 10.5 Å². The van der Waals surface area contributed by atoms with Crippen LogP contribution in [0, 0.1) is 22.7 Å². The van der Waals surface area contributed by atoms with Crippen LogP contribution in [-0.2, 0) is 0 Å². The third-order valence-electron chi connectivity index (χ3n) is 16.5. The second kappa shape index (κ2) is 16.2. The number of thiophene rings is 2. The molecule has 17 rings (SSSR count). The molecule has 4 heterocycles. The predicted octanol–water partition coefficient (Wildman–Crippen LogP) is 20.3. The minimum absolute atomic E-state index is 0.426. The van der Waals surface area contributed by atoms with E-state index in [0.29, 0.717) is 16.7 Å². The third-order valence-corrected chi connectivity index (χ3v) is 18.8. The molecular weight excluding hydrogens is 985 g/mol. The highest BCUT2D eigenvalue weighted by Crippen LogP contribution is 2.53. The number of rotatable bonds is 4. The lowest BCUT2D eigenvalue weighted by Gasteiger charge is -2.27. The average molecular weight is 1020 g/mol. The summed E-state index contributed by atoms with van der Waals surface area (Å²) in [5.74, 6) is 0. The second-order valence-electron chi connectivity index (χ2n) is 20.4. The maximum atomic E-state index is 12.6. The molecule has 0 saturated carbocycles. The van der Waals surface area contributed by atoms with Crippen molar-refractivity contribution in [1.82, 2.24) is 9.13 Å². The molecule has 0 unspecified atom stereocenters. The van der Waals surface area contributed by atoms with E-state index >= 15 is 0 Å². The van der Waals surface area contributed by atoms with Crippen LogP contribution < -0.4 is 0 Å². The summed E-state index contributed by atoms with van der Waals surface area (Å²) in [6, 6.07) is 88.6. The van der Waals surface area contributed by atoms with Gasteiger partial charge in [0.2, 0.25) is 0 Å². The van der Waals surface area contributed by atoms with E-state index in [1.807, 2.05) is 0 Å². The molecule has 4 aromatic heterocycles. The lowest BCUT2D eigenvalue weighted by Crippen LogP contribution is -2.11. The first-order chi connectivity index (χ1) is 38.6. The summed E-state index contributed by atoms with van der Waals surface area (Å²) < 4.78 is 9.52. The zero-order valence-electron chi connectivity index (χ0n) is 41.5. The first kappa shape index (κ1) is 43.2. The molecule has 0 fully saturated rings. The standard InChI is InChI=1S/C72H38N4S2/c73-39-59-69(57-33-41-17-1-3-19-43(41)45-21-5-7-23-47(45)57)60(40-74)72(76-62-30-14-10-26-50(62)54-36-56-52-28-12-16-32-66(52)78-68(56)38-64(54)76)70(58-34-42-18-2-4-20-44(42)46-22-6-8-24-48(46)58)71(59)75-61-29-13-9-25-49(61)53-35-55-51-27-11-15-31-65(51)77-67(55)37-63(53)75/h1-38H. The van der Waals surface area contributed by atoms with Gasteiger partial charge in [-0.15, -0.1) is 22.7 Å². The first-order valence-electron chi connectivity index (χ1n) is 26.2. The average Bonchev–Trinajstić information content (AvgIpc) is 4.19. The Bertz CT molecular complexity index is 5390. The van der Waals surface area contributed by atoms with E-state index in [4.69, 9.17) is 0 Å². The van der Waals surface area contributed by atoms with Gasteiger partial charge in [-0.25, -0.2) is 0 Å². The SMILES string of the molecule is N#Cc1c(-c2cc3ccccc3c3ccccc23)c(C#N)c(-n2c3ccccc3c3cc4c(cc32)sc2ccccc24)c(-c2cc3ccccc3c3ccccc23)c1-n1c2ccccc2c2cc3c(cc21)sc1ccccc13. The Morgan fingerprint density at radius 1 is 0.269 bits per heavy atom. The van der Waals surface area contributed by atoms with Gasteiger partial charge in [-0.1, -0.05) is 170 Å². The van der Waals surface area contributed by atoms with Crippen LogP contribution in [0.25, 0.3) is 161 Å². The van der Waals surface area contributed by atoms with Gasteiger partial charge < -0.3 is 9.13 Å². The summed E-state index contributed by atoms with van der Waals surface area (Å²) >= 11 is 3.59. The molecule has 0 bridgehead atoms. The number of fused-ring (bicyclic) bond motifs is 18. The van der Waals surface area contributed by atoms with E-state index in [1.54, 1.807) is 22.7 Å². The third kappa shape index (κ3) is 5.85. The summed E-state index contributed by atoms with van der Waals surface area (Å²) in [5, 5.41) is 42.9. The molecule has 0 amide bonds. The van der Waals surface area contributed by atoms with Crippen LogP contribution in [-0.4, -0.2) is 9.13 Å². The Morgan fingerprint density at radius 2 is 0.628 bits per heavy atom. The second-order valence-corrected chi connectivity index (χ2v) is 22.6. The fraction of sp³-hybridized carbons (Fsp3) is 0. The molecule has 0 aliphatic carbocycles. The zero-order valence-corrected chi connectivity index (χ0v) is 43.2. The van der Waals surface area contributed by atoms with Crippen LogP contribution in [0.5, 0.6) is 0 Å². The molecule has 358 valence electrons. The van der Waals surface area contributed by atoms with Gasteiger partial charge in [0.25, 0.3) is 0 Å². The van der Waals surface area contributed by atoms with Gasteiger partial charge in [-0.3, -0.25) is 0 Å². The van der Waals surface area contributed by atoms with Crippen molar-refractivity contribution in [2.45, 2.75) is 0 Å². The number of benzene rings is 13. The van der Waals surface area contributed by atoms with Gasteiger partial charge in [0.1, 0.15) is 12.1 Å². The summed E-state index contributed by atoms with van der Waals surface area (Å²) in [5.41, 5.74) is 9.36. The van der Waals surface area contributed by atoms with Crippen molar-refractivity contribution in [3.63, 3.8) is 0 Å². The molecule has 0 aliphatic heterocycles. The molecule has 0 aliphatic rings. The number of hydrogen-bond acceptors (Lipinski definition) is 4. The van der Waals surface area contributed by atoms with Gasteiger partial charge in [-0.05, 0) is 115 Å². The summed E-state index contributed by atoms with van der Waals surface area (Å²) in [6.07, 6.45) is 0. The Balaban J connectivity index is 1.18. The first-order valence-corrected chi connectivity index (χ1v) is 27.8. The van der Waals surface area contributed by atoms with E-state index in [2.05, 4.69) is 252 Å². The quantitative estimate of drug-likeness (QED) is 0.165. The minimum Gasteiger partial charge on any atom is -0.307 e. The Morgan fingerprint density at radius 3 is 1.08 bits per heavy atom. The normalized spacial score (nSPS) is 12.1. The number of nitriles is 2. The highest BCUT2D eigenvalue weighted by molar-refractivity contribution is 7.26. The van der Waals surface area contributed by atoms with Crippen molar-refractivity contribution in [3.8, 4) is 45.8 Å². The van der Waals surface area contributed by atoms with Gasteiger partial charge in [0.15, 0.2) is 0 Å². The molecule has 0 radical (unpaired) electrons. The van der Waals surface area contributed by atoms with Crippen LogP contribution in [0.4, 0.5) is 0 Å². The van der Waals surface area contributed by atoms with Crippen molar-refractivity contribution >= 4 is 150 Å². The van der Waals surface area contributed by atoms with Gasteiger partial charge in [0.05, 0.1) is 44.6 Å². The fourth-order valence-electron chi connectivity index (χ4n) is 13.3. The largest absolute Gasteiger partial charge is 0.307 e. The summed E-state index contributed by atoms with van der Waals surface area (Å²) in [7, 11) is 0. The predicted molar refractivity (Wildman–Crippen MR) is 331 cm³/mol. The molecule has 0 N–H and O–H groups in total.